The van der Waals surface area contributed by atoms with E-state index in [-0.39, 0.29) is 35.5 Å². The van der Waals surface area contributed by atoms with Gasteiger partial charge in [0.2, 0.25) is 0 Å². The number of aromatic nitrogens is 3. The molecular weight excluding hydrogens is 583 g/mol. The van der Waals surface area contributed by atoms with Crippen molar-refractivity contribution in [1.29, 1.82) is 0 Å². The van der Waals surface area contributed by atoms with Gasteiger partial charge in [0.1, 0.15) is 27.7 Å². The van der Waals surface area contributed by atoms with Crippen LogP contribution in [0.3, 0.4) is 0 Å². The summed E-state index contributed by atoms with van der Waals surface area (Å²) in [4.78, 5) is 20.7. The smallest absolute Gasteiger partial charge is 0.478 e. The number of aromatic carboxylic acids is 1. The maximum atomic E-state index is 13.1. The highest BCUT2D eigenvalue weighted by Gasteiger charge is 2.44. The number of para-hydroxylation sites is 2. The minimum absolute atomic E-state index is 0.00614. The van der Waals surface area contributed by atoms with Crippen molar-refractivity contribution in [3.63, 3.8) is 0 Å². The van der Waals surface area contributed by atoms with E-state index >= 15 is 0 Å². The number of rotatable bonds is 9. The highest BCUT2D eigenvalue weighted by atomic mass is 32.2. The first-order chi connectivity index (χ1) is 20.7. The van der Waals surface area contributed by atoms with Crippen molar-refractivity contribution >= 4 is 28.8 Å². The molecule has 3 saturated carbocycles. The van der Waals surface area contributed by atoms with Crippen molar-refractivity contribution in [2.24, 2.45) is 11.8 Å². The third-order valence-electron chi connectivity index (χ3n) is 8.60. The Kier molecular flexibility index (Phi) is 7.29. The van der Waals surface area contributed by atoms with E-state index in [1.807, 2.05) is 0 Å². The number of halogens is 3. The number of carboxylic acid groups (broad SMARTS) is 1. The van der Waals surface area contributed by atoms with Crippen LogP contribution in [0.25, 0.3) is 22.3 Å². The Morgan fingerprint density at radius 2 is 1.81 bits per heavy atom. The molecule has 43 heavy (non-hydrogen) atoms. The number of carbonyl (C=O) groups is 1. The van der Waals surface area contributed by atoms with Crippen LogP contribution in [0.4, 0.5) is 13.2 Å². The maximum Gasteiger partial charge on any atom is 0.573 e. The molecule has 1 N–H and O–H groups in total. The molecule has 0 saturated heterocycles. The van der Waals surface area contributed by atoms with Gasteiger partial charge in [0.05, 0.1) is 30.0 Å². The molecule has 224 valence electrons. The molecule has 0 spiro atoms. The zero-order valence-electron chi connectivity index (χ0n) is 22.9. The normalized spacial score (nSPS) is 23.5. The van der Waals surface area contributed by atoms with E-state index in [0.29, 0.717) is 45.1 Å². The predicted octanol–water partition coefficient (Wildman–Crippen LogP) is 7.63. The van der Waals surface area contributed by atoms with E-state index in [2.05, 4.69) is 14.9 Å². The number of thioether (sulfide) groups is 1. The Bertz CT molecular complexity index is 1660. The lowest BCUT2D eigenvalue weighted by Crippen LogP contribution is -2.32. The SMILES string of the molecule is O=C(O)c1cccc2nc(SC3C4CCC3CC(OCc3c(-c5ccccc5OC(F)(F)F)noc3C3CC3)C4)cnc12. The molecule has 3 aliphatic rings. The first-order valence-corrected chi connectivity index (χ1v) is 15.2. The number of carboxylic acids is 1. The quantitative estimate of drug-likeness (QED) is 0.204. The highest BCUT2D eigenvalue weighted by molar-refractivity contribution is 7.99. The number of nitrogens with zero attached hydrogens (tertiary/aromatic N) is 3. The summed E-state index contributed by atoms with van der Waals surface area (Å²) in [6.45, 7) is 0.203. The molecule has 2 aromatic carbocycles. The van der Waals surface area contributed by atoms with Crippen LogP contribution in [0.5, 0.6) is 5.75 Å². The van der Waals surface area contributed by atoms with Crippen molar-refractivity contribution in [1.82, 2.24) is 15.1 Å². The van der Waals surface area contributed by atoms with Crippen LogP contribution in [0.1, 0.15) is 66.1 Å². The summed E-state index contributed by atoms with van der Waals surface area (Å²) in [6.07, 6.45) is 2.64. The van der Waals surface area contributed by atoms with Crippen molar-refractivity contribution in [2.75, 3.05) is 0 Å². The standard InChI is InChI=1S/C31H28F3N3O5S/c32-31(33,34)41-24-7-2-1-4-20(24)26-22(28(42-37-26)16-8-9-16)15-40-19-12-17-10-11-18(13-19)29(17)43-25-14-35-27-21(30(38)39)5-3-6-23(27)36-25/h1-7,14,16-19,29H,8-13,15H2,(H,38,39). The lowest BCUT2D eigenvalue weighted by atomic mass is 9.86. The van der Waals surface area contributed by atoms with Gasteiger partial charge in [-0.15, -0.1) is 24.9 Å². The molecule has 8 nitrogen and oxygen atoms in total. The van der Waals surface area contributed by atoms with Crippen molar-refractivity contribution in [3.05, 3.63) is 65.5 Å². The number of hydrogen-bond acceptors (Lipinski definition) is 8. The zero-order valence-corrected chi connectivity index (χ0v) is 23.7. The fraction of sp³-hybridized carbons (Fsp3) is 0.419. The number of benzene rings is 2. The molecule has 4 aromatic rings. The Morgan fingerprint density at radius 1 is 1.05 bits per heavy atom. The van der Waals surface area contributed by atoms with Gasteiger partial charge in [-0.2, -0.15) is 0 Å². The third kappa shape index (κ3) is 5.82. The molecule has 3 fully saturated rings. The summed E-state index contributed by atoms with van der Waals surface area (Å²) < 4.78 is 55.8. The Labute approximate surface area is 249 Å². The number of fused-ring (bicyclic) bond motifs is 3. The Balaban J connectivity index is 1.06. The number of alkyl halides is 3. The molecule has 2 unspecified atom stereocenters. The molecule has 2 heterocycles. The summed E-state index contributed by atoms with van der Waals surface area (Å²) in [7, 11) is 0. The summed E-state index contributed by atoms with van der Waals surface area (Å²) >= 11 is 1.70. The van der Waals surface area contributed by atoms with Crippen molar-refractivity contribution < 1.29 is 37.1 Å². The van der Waals surface area contributed by atoms with E-state index in [4.69, 9.17) is 14.2 Å². The fourth-order valence-electron chi connectivity index (χ4n) is 6.56. The van der Waals surface area contributed by atoms with Crippen LogP contribution in [0.15, 0.2) is 58.2 Å². The first kappa shape index (κ1) is 28.1. The highest BCUT2D eigenvalue weighted by Crippen LogP contribution is 2.51. The van der Waals surface area contributed by atoms with Gasteiger partial charge in [-0.1, -0.05) is 23.4 Å². The number of ether oxygens (including phenoxy) is 2. The summed E-state index contributed by atoms with van der Waals surface area (Å²) in [5, 5.41) is 14.8. The second-order valence-corrected chi connectivity index (χ2v) is 12.7. The lowest BCUT2D eigenvalue weighted by molar-refractivity contribution is -0.274. The van der Waals surface area contributed by atoms with Gasteiger partial charge in [-0.05, 0) is 74.6 Å². The zero-order chi connectivity index (χ0) is 29.7. The summed E-state index contributed by atoms with van der Waals surface area (Å²) in [5.74, 6) is 0.375. The van der Waals surface area contributed by atoms with Crippen molar-refractivity contribution in [3.8, 4) is 17.0 Å². The van der Waals surface area contributed by atoms with E-state index in [9.17, 15) is 23.1 Å². The molecule has 2 atom stereocenters. The Hall–Kier alpha value is -3.64. The monoisotopic (exact) mass is 611 g/mol. The van der Waals surface area contributed by atoms with Gasteiger partial charge < -0.3 is 19.1 Å². The van der Waals surface area contributed by atoms with Gasteiger partial charge in [0, 0.05) is 22.3 Å². The average Bonchev–Trinajstić information content (AvgIpc) is 3.69. The van der Waals surface area contributed by atoms with Crippen LogP contribution >= 0.6 is 11.8 Å². The minimum Gasteiger partial charge on any atom is -0.478 e. The molecule has 0 radical (unpaired) electrons. The molecule has 7 rings (SSSR count). The maximum absolute atomic E-state index is 13.1. The Morgan fingerprint density at radius 3 is 2.53 bits per heavy atom. The van der Waals surface area contributed by atoms with Crippen LogP contribution in [-0.4, -0.2) is 43.9 Å². The van der Waals surface area contributed by atoms with E-state index < -0.39 is 12.3 Å². The summed E-state index contributed by atoms with van der Waals surface area (Å²) in [5.41, 5.74) is 2.32. The van der Waals surface area contributed by atoms with Gasteiger partial charge in [0.15, 0.2) is 0 Å². The van der Waals surface area contributed by atoms with Crippen LogP contribution < -0.4 is 4.74 Å². The molecule has 12 heteroatoms. The molecule has 2 bridgehead atoms. The van der Waals surface area contributed by atoms with Gasteiger partial charge >= 0.3 is 12.3 Å². The lowest BCUT2D eigenvalue weighted by Gasteiger charge is -2.34. The fourth-order valence-corrected chi connectivity index (χ4v) is 7.98. The average molecular weight is 612 g/mol. The van der Waals surface area contributed by atoms with E-state index in [0.717, 1.165) is 43.6 Å². The van der Waals surface area contributed by atoms with Crippen LogP contribution in [0, 0.1) is 11.8 Å². The van der Waals surface area contributed by atoms with Crippen molar-refractivity contribution in [2.45, 2.75) is 73.8 Å². The van der Waals surface area contributed by atoms with E-state index in [1.54, 1.807) is 42.2 Å². The second-order valence-electron chi connectivity index (χ2n) is 11.5. The third-order valence-corrected chi connectivity index (χ3v) is 10.1. The second kappa shape index (κ2) is 11.1. The molecule has 0 aliphatic heterocycles. The molecular formula is C31H28F3N3O5S. The van der Waals surface area contributed by atoms with Crippen LogP contribution in [0.2, 0.25) is 0 Å². The molecule has 2 aromatic heterocycles. The molecule has 0 amide bonds. The minimum atomic E-state index is -4.83. The van der Waals surface area contributed by atoms with E-state index in [1.165, 1.54) is 18.2 Å². The largest absolute Gasteiger partial charge is 0.573 e. The topological polar surface area (TPSA) is 108 Å². The number of hydrogen-bond donors (Lipinski definition) is 1. The van der Waals surface area contributed by atoms with Gasteiger partial charge in [0.25, 0.3) is 0 Å². The summed E-state index contributed by atoms with van der Waals surface area (Å²) in [6, 6.07) is 11.0. The van der Waals surface area contributed by atoms with Gasteiger partial charge in [-0.25, -0.2) is 9.78 Å². The van der Waals surface area contributed by atoms with Crippen LogP contribution in [-0.2, 0) is 11.3 Å². The first-order valence-electron chi connectivity index (χ1n) is 14.3. The van der Waals surface area contributed by atoms with Gasteiger partial charge in [-0.3, -0.25) is 4.98 Å². The predicted molar refractivity (Wildman–Crippen MR) is 151 cm³/mol. The molecule has 3 aliphatic carbocycles.